The number of ether oxygens (including phenoxy) is 1. The minimum Gasteiger partial charge on any atom is -0.494 e. The molecule has 10 heteroatoms. The number of anilines is 1. The van der Waals surface area contributed by atoms with Crippen LogP contribution < -0.4 is 15.6 Å². The summed E-state index contributed by atoms with van der Waals surface area (Å²) in [4.78, 5) is 40.2. The Kier molecular flexibility index (Phi) is 5.53. The first-order valence-corrected chi connectivity index (χ1v) is 7.70. The average Bonchev–Trinajstić information content (AvgIpc) is 2.52. The maximum atomic E-state index is 12.0. The van der Waals surface area contributed by atoms with Gasteiger partial charge in [-0.1, -0.05) is 11.8 Å². The van der Waals surface area contributed by atoms with Crippen molar-refractivity contribution in [3.63, 3.8) is 0 Å². The van der Waals surface area contributed by atoms with Crippen LogP contribution in [0.5, 0.6) is 5.75 Å². The summed E-state index contributed by atoms with van der Waals surface area (Å²) in [6, 6.07) is 5.24. The van der Waals surface area contributed by atoms with Crippen molar-refractivity contribution in [2.75, 3.05) is 18.2 Å². The van der Waals surface area contributed by atoms with Gasteiger partial charge in [0.15, 0.2) is 5.16 Å². The van der Waals surface area contributed by atoms with Crippen LogP contribution in [0.25, 0.3) is 0 Å². The number of hydrogen-bond donors (Lipinski definition) is 2. The van der Waals surface area contributed by atoms with Gasteiger partial charge in [0.1, 0.15) is 5.75 Å². The second-order valence-corrected chi connectivity index (χ2v) is 5.63. The van der Waals surface area contributed by atoms with Gasteiger partial charge in [0, 0.05) is 17.8 Å². The molecule has 0 atom stereocenters. The number of nitrogens with zero attached hydrogens (tertiary/aromatic N) is 2. The number of aromatic nitrogens is 2. The summed E-state index contributed by atoms with van der Waals surface area (Å²) in [5.41, 5.74) is 0.446. The number of non-ortho nitro benzene ring substituents is 1. The number of carbonyl (C=O) groups is 1. The van der Waals surface area contributed by atoms with E-state index < -0.39 is 4.92 Å². The van der Waals surface area contributed by atoms with Gasteiger partial charge in [-0.05, 0) is 13.0 Å². The number of carbonyl (C=O) groups excluding carboxylic acids is 1. The molecular weight excluding hydrogens is 336 g/mol. The number of hydrogen-bond acceptors (Lipinski definition) is 7. The highest BCUT2D eigenvalue weighted by Gasteiger charge is 2.14. The number of rotatable bonds is 6. The Balaban J connectivity index is 2.04. The lowest BCUT2D eigenvalue weighted by atomic mass is 10.2. The van der Waals surface area contributed by atoms with E-state index in [1.807, 2.05) is 0 Å². The van der Waals surface area contributed by atoms with Crippen LogP contribution in [0.4, 0.5) is 11.4 Å². The highest BCUT2D eigenvalue weighted by molar-refractivity contribution is 7.99. The summed E-state index contributed by atoms with van der Waals surface area (Å²) in [5, 5.41) is 13.7. The van der Waals surface area contributed by atoms with E-state index in [4.69, 9.17) is 4.74 Å². The standard InChI is InChI=1S/C14H14N4O5S/c1-8-5-12(19)17-14(15-8)24-7-13(20)16-10-4-3-9(18(21)22)6-11(10)23-2/h3-6H,7H2,1-2H3,(H,16,20)(H,15,17,19). The number of thioether (sulfide) groups is 1. The number of nitro groups is 1. The number of methoxy groups -OCH3 is 1. The maximum absolute atomic E-state index is 12.0. The van der Waals surface area contributed by atoms with Gasteiger partial charge >= 0.3 is 0 Å². The van der Waals surface area contributed by atoms with Gasteiger partial charge in [-0.25, -0.2) is 4.98 Å². The largest absolute Gasteiger partial charge is 0.494 e. The van der Waals surface area contributed by atoms with Crippen molar-refractivity contribution in [3.8, 4) is 5.75 Å². The van der Waals surface area contributed by atoms with Crippen LogP contribution in [0.15, 0.2) is 34.2 Å². The minimum atomic E-state index is -0.552. The van der Waals surface area contributed by atoms with Crippen molar-refractivity contribution < 1.29 is 14.5 Å². The number of benzene rings is 1. The number of amides is 1. The molecule has 0 unspecified atom stereocenters. The van der Waals surface area contributed by atoms with E-state index in [1.165, 1.54) is 31.4 Å². The summed E-state index contributed by atoms with van der Waals surface area (Å²) in [7, 11) is 1.35. The van der Waals surface area contributed by atoms with Crippen LogP contribution in [-0.4, -0.2) is 33.7 Å². The minimum absolute atomic E-state index is 0.00648. The van der Waals surface area contributed by atoms with Gasteiger partial charge in [-0.15, -0.1) is 0 Å². The molecule has 0 saturated heterocycles. The zero-order chi connectivity index (χ0) is 17.7. The predicted molar refractivity (Wildman–Crippen MR) is 88.6 cm³/mol. The average molecular weight is 350 g/mol. The SMILES string of the molecule is COc1cc([N+](=O)[O-])ccc1NC(=O)CSc1nc(C)cc(=O)[nH]1. The zero-order valence-electron chi connectivity index (χ0n) is 12.9. The summed E-state index contributed by atoms with van der Waals surface area (Å²) in [5.74, 6) is -0.173. The topological polar surface area (TPSA) is 127 Å². The van der Waals surface area contributed by atoms with Crippen LogP contribution >= 0.6 is 11.8 Å². The first-order valence-electron chi connectivity index (χ1n) is 6.72. The molecule has 1 heterocycles. The Hall–Kier alpha value is -2.88. The van der Waals surface area contributed by atoms with Crippen molar-refractivity contribution in [3.05, 3.63) is 50.4 Å². The maximum Gasteiger partial charge on any atom is 0.273 e. The molecule has 0 aliphatic rings. The van der Waals surface area contributed by atoms with Crippen molar-refractivity contribution in [2.45, 2.75) is 12.1 Å². The summed E-state index contributed by atoms with van der Waals surface area (Å²) in [6.07, 6.45) is 0. The first kappa shape index (κ1) is 17.5. The van der Waals surface area contributed by atoms with Gasteiger partial charge in [-0.2, -0.15) is 0 Å². The number of aromatic amines is 1. The fourth-order valence-electron chi connectivity index (χ4n) is 1.84. The smallest absolute Gasteiger partial charge is 0.273 e. The van der Waals surface area contributed by atoms with Crippen molar-refractivity contribution in [1.82, 2.24) is 9.97 Å². The molecular formula is C14H14N4O5S. The molecule has 0 radical (unpaired) electrons. The van der Waals surface area contributed by atoms with Crippen LogP contribution in [-0.2, 0) is 4.79 Å². The summed E-state index contributed by atoms with van der Waals surface area (Å²) in [6.45, 7) is 1.68. The molecule has 0 fully saturated rings. The molecule has 126 valence electrons. The fraction of sp³-hybridized carbons (Fsp3) is 0.214. The van der Waals surface area contributed by atoms with Crippen LogP contribution in [0.2, 0.25) is 0 Å². The van der Waals surface area contributed by atoms with E-state index in [9.17, 15) is 19.7 Å². The molecule has 2 N–H and O–H groups in total. The van der Waals surface area contributed by atoms with Gasteiger partial charge in [-0.3, -0.25) is 19.7 Å². The molecule has 0 aliphatic carbocycles. The molecule has 2 rings (SSSR count). The van der Waals surface area contributed by atoms with Gasteiger partial charge < -0.3 is 15.0 Å². The summed E-state index contributed by atoms with van der Waals surface area (Å²) >= 11 is 1.07. The quantitative estimate of drug-likeness (QED) is 0.351. The molecule has 1 aromatic heterocycles. The van der Waals surface area contributed by atoms with Crippen LogP contribution in [0.1, 0.15) is 5.69 Å². The van der Waals surface area contributed by atoms with E-state index in [-0.39, 0.29) is 28.7 Å². The highest BCUT2D eigenvalue weighted by Crippen LogP contribution is 2.29. The van der Waals surface area contributed by atoms with Crippen LogP contribution in [0, 0.1) is 17.0 Å². The molecule has 1 aromatic carbocycles. The lowest BCUT2D eigenvalue weighted by Gasteiger charge is -2.09. The molecule has 0 bridgehead atoms. The zero-order valence-corrected chi connectivity index (χ0v) is 13.7. The van der Waals surface area contributed by atoms with Gasteiger partial charge in [0.2, 0.25) is 5.91 Å². The second kappa shape index (κ2) is 7.59. The van der Waals surface area contributed by atoms with Crippen molar-refractivity contribution >= 4 is 29.0 Å². The number of nitro benzene ring substituents is 1. The Labute approximate surface area is 140 Å². The van der Waals surface area contributed by atoms with E-state index in [1.54, 1.807) is 6.92 Å². The van der Waals surface area contributed by atoms with Crippen molar-refractivity contribution in [1.29, 1.82) is 0 Å². The number of H-pyrrole nitrogens is 1. The predicted octanol–water partition coefficient (Wildman–Crippen LogP) is 1.73. The molecule has 1 amide bonds. The number of nitrogens with one attached hydrogen (secondary N) is 2. The molecule has 24 heavy (non-hydrogen) atoms. The Morgan fingerprint density at radius 2 is 2.21 bits per heavy atom. The highest BCUT2D eigenvalue weighted by atomic mass is 32.2. The molecule has 2 aromatic rings. The molecule has 0 aliphatic heterocycles. The van der Waals surface area contributed by atoms with E-state index in [0.717, 1.165) is 11.8 Å². The van der Waals surface area contributed by atoms with Crippen LogP contribution in [0.3, 0.4) is 0 Å². The third-order valence-electron chi connectivity index (χ3n) is 2.86. The van der Waals surface area contributed by atoms with Gasteiger partial charge in [0.05, 0.1) is 29.5 Å². The Morgan fingerprint density at radius 3 is 2.83 bits per heavy atom. The van der Waals surface area contributed by atoms with E-state index >= 15 is 0 Å². The third-order valence-corrected chi connectivity index (χ3v) is 3.73. The molecule has 0 spiro atoms. The number of aryl methyl sites for hydroxylation is 1. The lowest BCUT2D eigenvalue weighted by Crippen LogP contribution is -2.16. The Morgan fingerprint density at radius 1 is 1.46 bits per heavy atom. The second-order valence-electron chi connectivity index (χ2n) is 4.67. The van der Waals surface area contributed by atoms with E-state index in [2.05, 4.69) is 15.3 Å². The lowest BCUT2D eigenvalue weighted by molar-refractivity contribution is -0.384. The normalized spacial score (nSPS) is 10.2. The molecule has 9 nitrogen and oxygen atoms in total. The Bertz CT molecular complexity index is 836. The third kappa shape index (κ3) is 4.56. The van der Waals surface area contributed by atoms with E-state index in [0.29, 0.717) is 16.5 Å². The monoisotopic (exact) mass is 350 g/mol. The molecule has 0 saturated carbocycles. The fourth-order valence-corrected chi connectivity index (χ4v) is 2.56. The summed E-state index contributed by atoms with van der Waals surface area (Å²) < 4.78 is 5.05. The van der Waals surface area contributed by atoms with Gasteiger partial charge in [0.25, 0.3) is 11.2 Å². The van der Waals surface area contributed by atoms with Crippen molar-refractivity contribution in [2.24, 2.45) is 0 Å². The first-order chi connectivity index (χ1) is 11.4.